The Morgan fingerprint density at radius 1 is 1.45 bits per heavy atom. The van der Waals surface area contributed by atoms with Gasteiger partial charge in [-0.25, -0.2) is 0 Å². The van der Waals surface area contributed by atoms with E-state index >= 15 is 0 Å². The van der Waals surface area contributed by atoms with Crippen LogP contribution in [0.25, 0.3) is 0 Å². The Balaban J connectivity index is 3.09. The highest BCUT2D eigenvalue weighted by atomic mass is 16.5. The Morgan fingerprint density at radius 2 is 2.18 bits per heavy atom. The van der Waals surface area contributed by atoms with Gasteiger partial charge < -0.3 is 10.5 Å². The molecule has 0 aromatic heterocycles. The van der Waals surface area contributed by atoms with Crippen molar-refractivity contribution < 1.29 is 9.53 Å². The fourth-order valence-corrected chi connectivity index (χ4v) is 0.764. The van der Waals surface area contributed by atoms with Crippen molar-refractivity contribution in [3.05, 3.63) is 0 Å². The van der Waals surface area contributed by atoms with Crippen molar-refractivity contribution in [1.82, 2.24) is 0 Å². The van der Waals surface area contributed by atoms with Crippen molar-refractivity contribution in [3.63, 3.8) is 0 Å². The quantitative estimate of drug-likeness (QED) is 0.466. The third-order valence-corrected chi connectivity index (χ3v) is 1.37. The molecule has 0 fully saturated rings. The average Bonchev–Trinajstić information content (AvgIpc) is 2.01. The van der Waals surface area contributed by atoms with E-state index in [1.807, 2.05) is 0 Å². The summed E-state index contributed by atoms with van der Waals surface area (Å²) in [4.78, 5) is 10.8. The first kappa shape index (κ1) is 10.4. The number of ether oxygens (including phenoxy) is 1. The second-order valence-electron chi connectivity index (χ2n) is 2.47. The maximum atomic E-state index is 10.8. The van der Waals surface area contributed by atoms with Gasteiger partial charge in [0.2, 0.25) is 0 Å². The fraction of sp³-hybridized carbons (Fsp3) is 0.875. The van der Waals surface area contributed by atoms with Crippen LogP contribution in [-0.4, -0.2) is 19.1 Å². The second kappa shape index (κ2) is 7.54. The molecule has 0 radical (unpaired) electrons. The third kappa shape index (κ3) is 7.33. The first-order chi connectivity index (χ1) is 5.31. The SMILES string of the molecule is CCCCCC(=O)OCCN. The van der Waals surface area contributed by atoms with E-state index in [1.54, 1.807) is 0 Å². The monoisotopic (exact) mass is 159 g/mol. The summed E-state index contributed by atoms with van der Waals surface area (Å²) < 4.78 is 4.77. The minimum atomic E-state index is -0.121. The van der Waals surface area contributed by atoms with Gasteiger partial charge >= 0.3 is 5.97 Å². The number of carbonyl (C=O) groups is 1. The van der Waals surface area contributed by atoms with E-state index in [-0.39, 0.29) is 5.97 Å². The molecule has 0 aliphatic carbocycles. The predicted molar refractivity (Wildman–Crippen MR) is 44.2 cm³/mol. The fourth-order valence-electron chi connectivity index (χ4n) is 0.764. The van der Waals surface area contributed by atoms with Gasteiger partial charge in [-0.2, -0.15) is 0 Å². The van der Waals surface area contributed by atoms with E-state index in [9.17, 15) is 4.79 Å². The molecule has 0 aliphatic rings. The van der Waals surface area contributed by atoms with Crippen LogP contribution in [0.5, 0.6) is 0 Å². The Kier molecular flexibility index (Phi) is 7.15. The number of hydrogen-bond acceptors (Lipinski definition) is 3. The zero-order valence-corrected chi connectivity index (χ0v) is 7.14. The molecule has 0 atom stereocenters. The molecule has 0 aromatic carbocycles. The molecule has 0 aromatic rings. The molecule has 0 saturated heterocycles. The lowest BCUT2D eigenvalue weighted by molar-refractivity contribution is -0.143. The van der Waals surface area contributed by atoms with Crippen LogP contribution in [0.1, 0.15) is 32.6 Å². The van der Waals surface area contributed by atoms with Gasteiger partial charge in [-0.3, -0.25) is 4.79 Å². The van der Waals surface area contributed by atoms with Gasteiger partial charge in [-0.05, 0) is 6.42 Å². The highest BCUT2D eigenvalue weighted by Gasteiger charge is 1.99. The van der Waals surface area contributed by atoms with Crippen LogP contribution >= 0.6 is 0 Å². The van der Waals surface area contributed by atoms with Gasteiger partial charge in [0.25, 0.3) is 0 Å². The van der Waals surface area contributed by atoms with Gasteiger partial charge in [-0.15, -0.1) is 0 Å². The Hall–Kier alpha value is -0.570. The maximum Gasteiger partial charge on any atom is 0.305 e. The summed E-state index contributed by atoms with van der Waals surface area (Å²) in [5.74, 6) is -0.121. The molecule has 0 saturated carbocycles. The summed E-state index contributed by atoms with van der Waals surface area (Å²) in [6.45, 7) is 2.87. The number of unbranched alkanes of at least 4 members (excludes halogenated alkanes) is 2. The van der Waals surface area contributed by atoms with Crippen molar-refractivity contribution in [2.75, 3.05) is 13.2 Å². The summed E-state index contributed by atoms with van der Waals surface area (Å²) in [7, 11) is 0. The van der Waals surface area contributed by atoms with Crippen molar-refractivity contribution in [1.29, 1.82) is 0 Å². The van der Waals surface area contributed by atoms with Crippen molar-refractivity contribution in [3.8, 4) is 0 Å². The largest absolute Gasteiger partial charge is 0.464 e. The van der Waals surface area contributed by atoms with Gasteiger partial charge in [-0.1, -0.05) is 19.8 Å². The van der Waals surface area contributed by atoms with E-state index in [0.717, 1.165) is 19.3 Å². The van der Waals surface area contributed by atoms with E-state index in [0.29, 0.717) is 19.6 Å². The third-order valence-electron chi connectivity index (χ3n) is 1.37. The van der Waals surface area contributed by atoms with E-state index in [4.69, 9.17) is 10.5 Å². The van der Waals surface area contributed by atoms with Crippen molar-refractivity contribution in [2.24, 2.45) is 5.73 Å². The Bertz CT molecular complexity index is 104. The smallest absolute Gasteiger partial charge is 0.305 e. The van der Waals surface area contributed by atoms with E-state index in [2.05, 4.69) is 6.92 Å². The zero-order valence-electron chi connectivity index (χ0n) is 7.14. The number of nitrogens with two attached hydrogens (primary N) is 1. The molecule has 0 rings (SSSR count). The molecule has 0 amide bonds. The standard InChI is InChI=1S/C8H17NO2/c1-2-3-4-5-8(10)11-7-6-9/h2-7,9H2,1H3. The van der Waals surface area contributed by atoms with Crippen LogP contribution in [0.15, 0.2) is 0 Å². The minimum absolute atomic E-state index is 0.121. The highest BCUT2D eigenvalue weighted by molar-refractivity contribution is 5.69. The minimum Gasteiger partial charge on any atom is -0.464 e. The lowest BCUT2D eigenvalue weighted by Crippen LogP contribution is -2.13. The van der Waals surface area contributed by atoms with Crippen LogP contribution in [0.4, 0.5) is 0 Å². The first-order valence-corrected chi connectivity index (χ1v) is 4.17. The molecule has 66 valence electrons. The van der Waals surface area contributed by atoms with Gasteiger partial charge in [0.15, 0.2) is 0 Å². The number of hydrogen-bond donors (Lipinski definition) is 1. The maximum absolute atomic E-state index is 10.8. The zero-order chi connectivity index (χ0) is 8.53. The second-order valence-corrected chi connectivity index (χ2v) is 2.47. The van der Waals surface area contributed by atoms with Gasteiger partial charge in [0.1, 0.15) is 6.61 Å². The lowest BCUT2D eigenvalue weighted by Gasteiger charge is -2.01. The highest BCUT2D eigenvalue weighted by Crippen LogP contribution is 1.99. The summed E-state index contributed by atoms with van der Waals surface area (Å²) in [5.41, 5.74) is 5.15. The topological polar surface area (TPSA) is 52.3 Å². The average molecular weight is 159 g/mol. The van der Waals surface area contributed by atoms with Gasteiger partial charge in [0, 0.05) is 13.0 Å². The molecular formula is C8H17NO2. The molecule has 0 unspecified atom stereocenters. The number of carbonyl (C=O) groups excluding carboxylic acids is 1. The van der Waals surface area contributed by atoms with Gasteiger partial charge in [0.05, 0.1) is 0 Å². The van der Waals surface area contributed by atoms with Crippen LogP contribution < -0.4 is 5.73 Å². The summed E-state index contributed by atoms with van der Waals surface area (Å²) in [6.07, 6.45) is 3.69. The number of esters is 1. The molecule has 3 heteroatoms. The summed E-state index contributed by atoms with van der Waals surface area (Å²) in [5, 5.41) is 0. The molecule has 0 heterocycles. The van der Waals surface area contributed by atoms with E-state index in [1.165, 1.54) is 0 Å². The predicted octanol–water partition coefficient (Wildman–Crippen LogP) is 1.07. The van der Waals surface area contributed by atoms with Crippen LogP contribution in [0.3, 0.4) is 0 Å². The first-order valence-electron chi connectivity index (χ1n) is 4.17. The molecule has 11 heavy (non-hydrogen) atoms. The van der Waals surface area contributed by atoms with E-state index < -0.39 is 0 Å². The summed E-state index contributed by atoms with van der Waals surface area (Å²) >= 11 is 0. The van der Waals surface area contributed by atoms with Crippen LogP contribution in [-0.2, 0) is 9.53 Å². The number of rotatable bonds is 6. The van der Waals surface area contributed by atoms with Crippen LogP contribution in [0.2, 0.25) is 0 Å². The Morgan fingerprint density at radius 3 is 2.73 bits per heavy atom. The summed E-state index contributed by atoms with van der Waals surface area (Å²) in [6, 6.07) is 0. The molecular weight excluding hydrogens is 142 g/mol. The molecule has 0 bridgehead atoms. The molecule has 3 nitrogen and oxygen atoms in total. The molecule has 2 N–H and O–H groups in total. The molecule has 0 aliphatic heterocycles. The molecule has 0 spiro atoms. The lowest BCUT2D eigenvalue weighted by atomic mass is 10.2. The Labute approximate surface area is 67.9 Å². The normalized spacial score (nSPS) is 9.64. The van der Waals surface area contributed by atoms with Crippen LogP contribution in [0, 0.1) is 0 Å². The van der Waals surface area contributed by atoms with Crippen molar-refractivity contribution in [2.45, 2.75) is 32.6 Å². The van der Waals surface area contributed by atoms with Crippen molar-refractivity contribution >= 4 is 5.97 Å².